The first-order valence-electron chi connectivity index (χ1n) is 8.16. The number of aliphatic imine (C=N–C) groups is 1. The van der Waals surface area contributed by atoms with Crippen molar-refractivity contribution in [3.8, 4) is 5.75 Å². The summed E-state index contributed by atoms with van der Waals surface area (Å²) in [7, 11) is 0. The van der Waals surface area contributed by atoms with Crippen molar-refractivity contribution in [1.82, 2.24) is 0 Å². The summed E-state index contributed by atoms with van der Waals surface area (Å²) < 4.78 is 10.4. The molecule has 0 bridgehead atoms. The summed E-state index contributed by atoms with van der Waals surface area (Å²) in [5.41, 5.74) is 3.09. The van der Waals surface area contributed by atoms with Crippen LogP contribution >= 0.6 is 0 Å². The van der Waals surface area contributed by atoms with Crippen LogP contribution < -0.4 is 4.74 Å². The molecule has 2 aromatic rings. The standard InChI is InChI=1S/C20H23NO3/c1-3-4-13-23-20(22)15-24-19-11-7-17(8-12-19)14-21-18-9-5-16(2)6-10-18/h5-12,14H,3-4,13,15H2,1-2H3. The Morgan fingerprint density at radius 3 is 2.46 bits per heavy atom. The predicted molar refractivity (Wildman–Crippen MR) is 96.2 cm³/mol. The number of unbranched alkanes of at least 4 members (excludes halogenated alkanes) is 1. The highest BCUT2D eigenvalue weighted by atomic mass is 16.6. The van der Waals surface area contributed by atoms with Gasteiger partial charge in [-0.3, -0.25) is 4.99 Å². The summed E-state index contributed by atoms with van der Waals surface area (Å²) in [6.07, 6.45) is 3.67. The number of rotatable bonds is 8. The fourth-order valence-electron chi connectivity index (χ4n) is 1.94. The van der Waals surface area contributed by atoms with Crippen LogP contribution in [0.4, 0.5) is 5.69 Å². The second kappa shape index (κ2) is 9.50. The fraction of sp³-hybridized carbons (Fsp3) is 0.300. The normalized spacial score (nSPS) is 10.8. The number of nitrogens with zero attached hydrogens (tertiary/aromatic N) is 1. The summed E-state index contributed by atoms with van der Waals surface area (Å²) in [5, 5.41) is 0. The molecule has 0 saturated carbocycles. The smallest absolute Gasteiger partial charge is 0.344 e. The van der Waals surface area contributed by atoms with E-state index in [2.05, 4.69) is 4.99 Å². The highest BCUT2D eigenvalue weighted by Gasteiger charge is 2.03. The first-order chi connectivity index (χ1) is 11.7. The lowest BCUT2D eigenvalue weighted by Crippen LogP contribution is -2.15. The molecule has 0 amide bonds. The van der Waals surface area contributed by atoms with E-state index in [4.69, 9.17) is 9.47 Å². The number of hydrogen-bond donors (Lipinski definition) is 0. The van der Waals surface area contributed by atoms with Crippen molar-refractivity contribution in [1.29, 1.82) is 0 Å². The van der Waals surface area contributed by atoms with Crippen LogP contribution in [0.3, 0.4) is 0 Å². The Bertz CT molecular complexity index is 660. The van der Waals surface area contributed by atoms with Gasteiger partial charge in [0.25, 0.3) is 0 Å². The summed E-state index contributed by atoms with van der Waals surface area (Å²) in [4.78, 5) is 15.9. The molecule has 0 aliphatic rings. The van der Waals surface area contributed by atoms with Crippen LogP contribution in [0.1, 0.15) is 30.9 Å². The Balaban J connectivity index is 1.82. The van der Waals surface area contributed by atoms with Crippen LogP contribution in [0.15, 0.2) is 53.5 Å². The zero-order valence-corrected chi connectivity index (χ0v) is 14.2. The van der Waals surface area contributed by atoms with E-state index in [1.54, 1.807) is 6.21 Å². The number of carbonyl (C=O) groups is 1. The summed E-state index contributed by atoms with van der Waals surface area (Å²) >= 11 is 0. The Morgan fingerprint density at radius 2 is 1.79 bits per heavy atom. The highest BCUT2D eigenvalue weighted by molar-refractivity contribution is 5.82. The third kappa shape index (κ3) is 6.24. The largest absolute Gasteiger partial charge is 0.482 e. The Labute approximate surface area is 143 Å². The Hall–Kier alpha value is -2.62. The number of aryl methyl sites for hydroxylation is 1. The molecule has 0 fully saturated rings. The lowest BCUT2D eigenvalue weighted by Gasteiger charge is -2.06. The molecular weight excluding hydrogens is 302 g/mol. The van der Waals surface area contributed by atoms with Crippen LogP contribution in [0.5, 0.6) is 5.75 Å². The Morgan fingerprint density at radius 1 is 1.08 bits per heavy atom. The maximum Gasteiger partial charge on any atom is 0.344 e. The van der Waals surface area contributed by atoms with Gasteiger partial charge in [0.1, 0.15) is 5.75 Å². The van der Waals surface area contributed by atoms with Gasteiger partial charge in [-0.25, -0.2) is 4.79 Å². The van der Waals surface area contributed by atoms with Gasteiger partial charge in [-0.2, -0.15) is 0 Å². The molecule has 126 valence electrons. The second-order valence-electron chi connectivity index (χ2n) is 5.53. The molecule has 0 heterocycles. The van der Waals surface area contributed by atoms with Crippen molar-refractivity contribution in [3.05, 3.63) is 59.7 Å². The molecule has 0 unspecified atom stereocenters. The molecule has 2 rings (SSSR count). The molecule has 0 spiro atoms. The van der Waals surface area contributed by atoms with Crippen LogP contribution in [-0.2, 0) is 9.53 Å². The maximum absolute atomic E-state index is 11.5. The predicted octanol–water partition coefficient (Wildman–Crippen LogP) is 4.47. The van der Waals surface area contributed by atoms with Gasteiger partial charge >= 0.3 is 5.97 Å². The van der Waals surface area contributed by atoms with E-state index in [-0.39, 0.29) is 12.6 Å². The van der Waals surface area contributed by atoms with Gasteiger partial charge < -0.3 is 9.47 Å². The van der Waals surface area contributed by atoms with Gasteiger partial charge in [-0.15, -0.1) is 0 Å². The van der Waals surface area contributed by atoms with Crippen LogP contribution in [0, 0.1) is 6.92 Å². The molecule has 0 aromatic heterocycles. The molecule has 0 N–H and O–H groups in total. The number of hydrogen-bond acceptors (Lipinski definition) is 4. The lowest BCUT2D eigenvalue weighted by atomic mass is 10.2. The molecule has 4 heteroatoms. The average molecular weight is 325 g/mol. The molecule has 4 nitrogen and oxygen atoms in total. The van der Waals surface area contributed by atoms with E-state index in [1.165, 1.54) is 5.56 Å². The van der Waals surface area contributed by atoms with Gasteiger partial charge in [-0.1, -0.05) is 31.0 Å². The third-order valence-electron chi connectivity index (χ3n) is 3.39. The van der Waals surface area contributed by atoms with E-state index in [0.717, 1.165) is 24.1 Å². The molecule has 0 saturated heterocycles. The highest BCUT2D eigenvalue weighted by Crippen LogP contribution is 2.14. The van der Waals surface area contributed by atoms with Crippen molar-refractivity contribution < 1.29 is 14.3 Å². The van der Waals surface area contributed by atoms with Crippen molar-refractivity contribution in [2.75, 3.05) is 13.2 Å². The van der Waals surface area contributed by atoms with Crippen LogP contribution in [0.25, 0.3) is 0 Å². The second-order valence-corrected chi connectivity index (χ2v) is 5.53. The fourth-order valence-corrected chi connectivity index (χ4v) is 1.94. The topological polar surface area (TPSA) is 47.9 Å². The minimum Gasteiger partial charge on any atom is -0.482 e. The van der Waals surface area contributed by atoms with Crippen molar-refractivity contribution in [2.24, 2.45) is 4.99 Å². The van der Waals surface area contributed by atoms with Crippen molar-refractivity contribution in [3.63, 3.8) is 0 Å². The quantitative estimate of drug-likeness (QED) is 0.409. The molecule has 0 radical (unpaired) electrons. The van der Waals surface area contributed by atoms with E-state index in [1.807, 2.05) is 62.4 Å². The van der Waals surface area contributed by atoms with Crippen LogP contribution in [0.2, 0.25) is 0 Å². The van der Waals surface area contributed by atoms with Crippen LogP contribution in [-0.4, -0.2) is 25.4 Å². The zero-order chi connectivity index (χ0) is 17.2. The molecule has 0 atom stereocenters. The minimum absolute atomic E-state index is 0.0689. The van der Waals surface area contributed by atoms with E-state index < -0.39 is 0 Å². The molecule has 0 aliphatic carbocycles. The molecule has 2 aromatic carbocycles. The van der Waals surface area contributed by atoms with E-state index in [0.29, 0.717) is 12.4 Å². The third-order valence-corrected chi connectivity index (χ3v) is 3.39. The van der Waals surface area contributed by atoms with Gasteiger partial charge in [0, 0.05) is 6.21 Å². The lowest BCUT2D eigenvalue weighted by molar-refractivity contribution is -0.146. The van der Waals surface area contributed by atoms with Crippen molar-refractivity contribution >= 4 is 17.9 Å². The summed E-state index contributed by atoms with van der Waals surface area (Å²) in [6, 6.07) is 15.4. The van der Waals surface area contributed by atoms with Gasteiger partial charge in [-0.05, 0) is 55.3 Å². The van der Waals surface area contributed by atoms with Gasteiger partial charge in [0.05, 0.1) is 12.3 Å². The zero-order valence-electron chi connectivity index (χ0n) is 14.2. The summed E-state index contributed by atoms with van der Waals surface area (Å²) in [5.74, 6) is 0.295. The van der Waals surface area contributed by atoms with Gasteiger partial charge in [0.2, 0.25) is 0 Å². The molecule has 0 aliphatic heterocycles. The average Bonchev–Trinajstić information content (AvgIpc) is 2.60. The molecule has 24 heavy (non-hydrogen) atoms. The number of ether oxygens (including phenoxy) is 2. The minimum atomic E-state index is -0.339. The monoisotopic (exact) mass is 325 g/mol. The van der Waals surface area contributed by atoms with Gasteiger partial charge in [0.15, 0.2) is 6.61 Å². The van der Waals surface area contributed by atoms with Crippen molar-refractivity contribution in [2.45, 2.75) is 26.7 Å². The van der Waals surface area contributed by atoms with E-state index in [9.17, 15) is 4.79 Å². The van der Waals surface area contributed by atoms with E-state index >= 15 is 0 Å². The number of benzene rings is 2. The SMILES string of the molecule is CCCCOC(=O)COc1ccc(C=Nc2ccc(C)cc2)cc1. The number of carbonyl (C=O) groups excluding carboxylic acids is 1. The maximum atomic E-state index is 11.5. The number of esters is 1. The summed E-state index contributed by atoms with van der Waals surface area (Å²) in [6.45, 7) is 4.48. The first kappa shape index (κ1) is 17.7. The molecular formula is C20H23NO3. The Kier molecular flexibility index (Phi) is 7.02. The first-order valence-corrected chi connectivity index (χ1v) is 8.16.